The monoisotopic (exact) mass is 502 g/mol. The summed E-state index contributed by atoms with van der Waals surface area (Å²) in [5, 5.41) is 23.3. The predicted octanol–water partition coefficient (Wildman–Crippen LogP) is 2.33. The van der Waals surface area contributed by atoms with Crippen LogP contribution in [0, 0.1) is 0 Å². The van der Waals surface area contributed by atoms with Crippen LogP contribution in [0.15, 0.2) is 36.4 Å². The van der Waals surface area contributed by atoms with E-state index >= 15 is 0 Å². The second kappa shape index (κ2) is 14.6. The van der Waals surface area contributed by atoms with Gasteiger partial charge >= 0.3 is 11.9 Å². The van der Waals surface area contributed by atoms with Crippen molar-refractivity contribution in [2.45, 2.75) is 26.2 Å². The molecule has 0 spiro atoms. The average molecular weight is 503 g/mol. The molecule has 35 heavy (non-hydrogen) atoms. The molecular weight excluding hydrogens is 472 g/mol. The summed E-state index contributed by atoms with van der Waals surface area (Å²) in [6.45, 7) is 4.53. The van der Waals surface area contributed by atoms with Crippen molar-refractivity contribution < 1.29 is 29.4 Å². The third-order valence-electron chi connectivity index (χ3n) is 4.88. The molecule has 2 aromatic rings. The van der Waals surface area contributed by atoms with E-state index in [1.807, 2.05) is 37.3 Å². The molecule has 3 rings (SSSR count). The number of carboxylic acids is 2. The number of thiazole rings is 1. The minimum Gasteiger partial charge on any atom is -0.481 e. The zero-order valence-corrected chi connectivity index (χ0v) is 20.3. The van der Waals surface area contributed by atoms with E-state index in [1.54, 1.807) is 4.90 Å². The summed E-state index contributed by atoms with van der Waals surface area (Å²) in [4.78, 5) is 52.0. The Kier molecular flexibility index (Phi) is 11.6. The van der Waals surface area contributed by atoms with Crippen molar-refractivity contribution in [3.63, 3.8) is 0 Å². The maximum atomic E-state index is 12.6. The summed E-state index contributed by atoms with van der Waals surface area (Å²) >= 11 is 1.22. The van der Waals surface area contributed by atoms with Gasteiger partial charge in [0, 0.05) is 44.2 Å². The topological polar surface area (TPSA) is 149 Å². The highest BCUT2D eigenvalue weighted by atomic mass is 32.1. The first kappa shape index (κ1) is 27.7. The number of rotatable bonds is 9. The normalized spacial score (nSPS) is 13.1. The van der Waals surface area contributed by atoms with Gasteiger partial charge in [0.1, 0.15) is 10.7 Å². The maximum absolute atomic E-state index is 12.6. The van der Waals surface area contributed by atoms with Crippen LogP contribution < -0.4 is 10.6 Å². The average Bonchev–Trinajstić information content (AvgIpc) is 3.30. The summed E-state index contributed by atoms with van der Waals surface area (Å²) in [6.07, 6.45) is 4.39. The van der Waals surface area contributed by atoms with E-state index < -0.39 is 17.8 Å². The zero-order chi connectivity index (χ0) is 25.6. The highest BCUT2D eigenvalue weighted by Gasteiger charge is 2.21. The molecular formula is C24H30N4O6S. The second-order valence-electron chi connectivity index (χ2n) is 7.58. The molecule has 0 bridgehead atoms. The number of nitrogens with one attached hydrogen (secondary N) is 2. The molecule has 1 fully saturated rings. The number of hydrogen-bond acceptors (Lipinski definition) is 7. The van der Waals surface area contributed by atoms with Crippen LogP contribution in [0.4, 0.5) is 0 Å². The Bertz CT molecular complexity index is 1030. The van der Waals surface area contributed by atoms with Gasteiger partial charge in [0.2, 0.25) is 5.91 Å². The number of aromatic nitrogens is 1. The minimum atomic E-state index is -1.12. The number of unbranched alkanes of at least 4 members (excludes halogenated alkanes) is 1. The van der Waals surface area contributed by atoms with Crippen molar-refractivity contribution in [2.24, 2.45) is 0 Å². The van der Waals surface area contributed by atoms with E-state index in [2.05, 4.69) is 15.6 Å². The Labute approximate surface area is 207 Å². The van der Waals surface area contributed by atoms with Crippen LogP contribution >= 0.6 is 11.3 Å². The van der Waals surface area contributed by atoms with Gasteiger partial charge in [0.15, 0.2) is 0 Å². The second-order valence-corrected chi connectivity index (χ2v) is 8.61. The molecule has 2 amide bonds. The number of piperazine rings is 1. The molecule has 1 aromatic carbocycles. The number of hydrogen-bond donors (Lipinski definition) is 4. The number of aliphatic carboxylic acids is 2. The van der Waals surface area contributed by atoms with E-state index in [9.17, 15) is 19.2 Å². The molecule has 1 aliphatic heterocycles. The Hall–Kier alpha value is -3.57. The molecule has 1 aliphatic rings. The minimum absolute atomic E-state index is 0.106. The Morgan fingerprint density at radius 3 is 2.40 bits per heavy atom. The van der Waals surface area contributed by atoms with Crippen LogP contribution in [-0.4, -0.2) is 76.6 Å². The molecule has 0 saturated carbocycles. The standard InChI is InChI=1S/C19H20N4O4S.C5H10O2/c24-15(23-10-8-20-9-11-23)12-21-18(27)17-14(6-7-16(25)26)28-19(22-17)13-4-2-1-3-5-13;1-2-3-4-5(6)7/h1-7,20H,8-12H2,(H,21,27)(H,25,26);2-4H2,1H3,(H,6,7)/b7-6+;. The number of amides is 2. The molecule has 0 aliphatic carbocycles. The smallest absolute Gasteiger partial charge is 0.328 e. The highest BCUT2D eigenvalue weighted by molar-refractivity contribution is 7.16. The fraction of sp³-hybridized carbons (Fsp3) is 0.375. The van der Waals surface area contributed by atoms with Crippen molar-refractivity contribution in [3.8, 4) is 10.6 Å². The summed E-state index contributed by atoms with van der Waals surface area (Å²) < 4.78 is 0. The molecule has 2 heterocycles. The van der Waals surface area contributed by atoms with Gasteiger partial charge in [-0.1, -0.05) is 43.7 Å². The van der Waals surface area contributed by atoms with Crippen molar-refractivity contribution in [1.82, 2.24) is 20.5 Å². The first-order valence-corrected chi connectivity index (χ1v) is 12.1. The summed E-state index contributed by atoms with van der Waals surface area (Å²) in [5.74, 6) is -2.47. The zero-order valence-electron chi connectivity index (χ0n) is 19.5. The summed E-state index contributed by atoms with van der Waals surface area (Å²) in [6, 6.07) is 9.31. The van der Waals surface area contributed by atoms with Crippen molar-refractivity contribution in [1.29, 1.82) is 0 Å². The number of carbonyl (C=O) groups is 4. The van der Waals surface area contributed by atoms with Crippen LogP contribution in [-0.2, 0) is 14.4 Å². The third-order valence-corrected chi connectivity index (χ3v) is 5.95. The largest absolute Gasteiger partial charge is 0.481 e. The predicted molar refractivity (Wildman–Crippen MR) is 133 cm³/mol. The molecule has 0 atom stereocenters. The van der Waals surface area contributed by atoms with Crippen molar-refractivity contribution in [2.75, 3.05) is 32.7 Å². The number of carboxylic acid groups (broad SMARTS) is 2. The van der Waals surface area contributed by atoms with Gasteiger partial charge in [-0.15, -0.1) is 11.3 Å². The highest BCUT2D eigenvalue weighted by Crippen LogP contribution is 2.29. The van der Waals surface area contributed by atoms with Crippen LogP contribution in [0.5, 0.6) is 0 Å². The van der Waals surface area contributed by atoms with Gasteiger partial charge in [-0.3, -0.25) is 14.4 Å². The van der Waals surface area contributed by atoms with E-state index in [0.29, 0.717) is 29.4 Å². The van der Waals surface area contributed by atoms with E-state index in [1.165, 1.54) is 17.4 Å². The van der Waals surface area contributed by atoms with E-state index in [-0.39, 0.29) is 18.1 Å². The fourth-order valence-corrected chi connectivity index (χ4v) is 4.02. The van der Waals surface area contributed by atoms with Crippen LogP contribution in [0.1, 0.15) is 41.6 Å². The number of nitrogens with zero attached hydrogens (tertiary/aromatic N) is 2. The van der Waals surface area contributed by atoms with Gasteiger partial charge in [-0.2, -0.15) is 0 Å². The van der Waals surface area contributed by atoms with Gasteiger partial charge in [0.25, 0.3) is 5.91 Å². The number of benzene rings is 1. The molecule has 0 unspecified atom stereocenters. The molecule has 11 heteroatoms. The van der Waals surface area contributed by atoms with Crippen LogP contribution in [0.2, 0.25) is 0 Å². The fourth-order valence-electron chi connectivity index (χ4n) is 3.05. The summed E-state index contributed by atoms with van der Waals surface area (Å²) in [7, 11) is 0. The number of carbonyl (C=O) groups excluding carboxylic acids is 2. The molecule has 1 saturated heterocycles. The molecule has 4 N–H and O–H groups in total. The van der Waals surface area contributed by atoms with E-state index in [0.717, 1.165) is 37.6 Å². The lowest BCUT2D eigenvalue weighted by atomic mass is 10.2. The Morgan fingerprint density at radius 2 is 1.83 bits per heavy atom. The molecule has 10 nitrogen and oxygen atoms in total. The molecule has 0 radical (unpaired) electrons. The van der Waals surface area contributed by atoms with Crippen LogP contribution in [0.3, 0.4) is 0 Å². The van der Waals surface area contributed by atoms with Crippen LogP contribution in [0.25, 0.3) is 16.6 Å². The lowest BCUT2D eigenvalue weighted by Gasteiger charge is -2.27. The quantitative estimate of drug-likeness (QED) is 0.382. The first-order chi connectivity index (χ1) is 16.8. The molecule has 1 aromatic heterocycles. The van der Waals surface area contributed by atoms with Gasteiger partial charge < -0.3 is 25.7 Å². The third kappa shape index (κ3) is 9.67. The lowest BCUT2D eigenvalue weighted by Crippen LogP contribution is -2.49. The summed E-state index contributed by atoms with van der Waals surface area (Å²) in [5.41, 5.74) is 0.933. The van der Waals surface area contributed by atoms with Crippen molar-refractivity contribution in [3.05, 3.63) is 47.0 Å². The van der Waals surface area contributed by atoms with E-state index in [4.69, 9.17) is 10.2 Å². The first-order valence-electron chi connectivity index (χ1n) is 11.3. The van der Waals surface area contributed by atoms with Gasteiger partial charge in [-0.05, 0) is 12.5 Å². The SMILES string of the molecule is CCCCC(=O)O.O=C(O)/C=C/c1sc(-c2ccccc2)nc1C(=O)NCC(=O)N1CCNCC1. The van der Waals surface area contributed by atoms with Crippen molar-refractivity contribution >= 4 is 41.2 Å². The maximum Gasteiger partial charge on any atom is 0.328 e. The van der Waals surface area contributed by atoms with Gasteiger partial charge in [-0.25, -0.2) is 9.78 Å². The molecule has 188 valence electrons. The Balaban J connectivity index is 0.000000540. The lowest BCUT2D eigenvalue weighted by molar-refractivity contribution is -0.137. The van der Waals surface area contributed by atoms with Gasteiger partial charge in [0.05, 0.1) is 11.4 Å². The Morgan fingerprint density at radius 1 is 1.14 bits per heavy atom.